The van der Waals surface area contributed by atoms with Crippen molar-refractivity contribution in [3.8, 4) is 5.75 Å². The Labute approximate surface area is 220 Å². The summed E-state index contributed by atoms with van der Waals surface area (Å²) in [5.41, 5.74) is -1.50. The van der Waals surface area contributed by atoms with Crippen LogP contribution < -0.4 is 4.90 Å². The fourth-order valence-electron chi connectivity index (χ4n) is 6.13. The maximum absolute atomic E-state index is 13.7. The Kier molecular flexibility index (Phi) is 7.00. The number of hydrogen-bond acceptors (Lipinski definition) is 10. The number of benzene rings is 1. The number of aliphatic hydroxyl groups excluding tert-OH is 2. The van der Waals surface area contributed by atoms with Crippen molar-refractivity contribution >= 4 is 34.6 Å². The fourth-order valence-corrected chi connectivity index (χ4v) is 6.13. The van der Waals surface area contributed by atoms with E-state index in [1.54, 1.807) is 39.2 Å². The second-order valence-electron chi connectivity index (χ2n) is 11.0. The molecule has 4 N–H and O–H groups in total. The van der Waals surface area contributed by atoms with E-state index in [0.29, 0.717) is 16.8 Å². The van der Waals surface area contributed by atoms with Gasteiger partial charge >= 0.3 is 0 Å². The van der Waals surface area contributed by atoms with Crippen molar-refractivity contribution in [3.05, 3.63) is 39.7 Å². The Bertz CT molecular complexity index is 1320. The number of allylic oxidation sites excluding steroid dienone is 1. The molecule has 4 rings (SSSR count). The number of fused-ring (bicyclic) bond motifs is 3. The van der Waals surface area contributed by atoms with Gasteiger partial charge in [-0.05, 0) is 63.4 Å². The number of Topliss-reactive ketones (excluding diaryl/α,β-unsaturated/α-hetero) is 4. The lowest BCUT2D eigenvalue weighted by atomic mass is 9.59. The van der Waals surface area contributed by atoms with Crippen molar-refractivity contribution in [3.63, 3.8) is 0 Å². The molecule has 204 valence electrons. The average Bonchev–Trinajstić information content (AvgIpc) is 2.80. The van der Waals surface area contributed by atoms with Crippen LogP contribution in [0.3, 0.4) is 0 Å². The number of likely N-dealkylation sites (N-methyl/N-ethyl adjacent to an activating group) is 1. The molecule has 0 spiro atoms. The number of carbonyl (C=O) groups excluding carboxylic acids is 4. The van der Waals surface area contributed by atoms with Crippen LogP contribution in [0.25, 0.3) is 5.76 Å². The van der Waals surface area contributed by atoms with E-state index >= 15 is 0 Å². The highest BCUT2D eigenvalue weighted by atomic mass is 16.3. The van der Waals surface area contributed by atoms with E-state index in [9.17, 15) is 39.6 Å². The third kappa shape index (κ3) is 4.21. The third-order valence-corrected chi connectivity index (χ3v) is 7.87. The van der Waals surface area contributed by atoms with Gasteiger partial charge in [-0.2, -0.15) is 0 Å². The number of aliphatic hydroxyl groups is 3. The van der Waals surface area contributed by atoms with Crippen molar-refractivity contribution in [1.82, 2.24) is 4.90 Å². The first-order chi connectivity index (χ1) is 17.7. The highest BCUT2D eigenvalue weighted by molar-refractivity contribution is 6.23. The number of aryl methyl sites for hydroxylation is 1. The fraction of sp³-hybridized carbons (Fsp3) is 0.500. The van der Waals surface area contributed by atoms with Gasteiger partial charge in [-0.15, -0.1) is 0 Å². The normalized spacial score (nSPS) is 24.8. The summed E-state index contributed by atoms with van der Waals surface area (Å²) >= 11 is 0. The number of aromatic hydroxyl groups is 1. The SMILES string of the molecule is CC(=O)C1=C(O)C2(O)C(=O)C3=C(O)c4c(O)c(CCC(=O)CN(C)C)cc(N(C)C)c4C[C@H]3C[C@H]2CC1=O. The molecule has 1 unspecified atom stereocenters. The minimum Gasteiger partial charge on any atom is -0.508 e. The van der Waals surface area contributed by atoms with Gasteiger partial charge in [-0.25, -0.2) is 0 Å². The minimum absolute atomic E-state index is 0.0210. The lowest BCUT2D eigenvalue weighted by molar-refractivity contribution is -0.147. The molecule has 0 heterocycles. The van der Waals surface area contributed by atoms with Crippen LogP contribution in [-0.2, 0) is 32.0 Å². The van der Waals surface area contributed by atoms with Gasteiger partial charge in [0.1, 0.15) is 28.6 Å². The zero-order valence-corrected chi connectivity index (χ0v) is 22.3. The molecule has 1 saturated carbocycles. The van der Waals surface area contributed by atoms with Crippen LogP contribution >= 0.6 is 0 Å². The van der Waals surface area contributed by atoms with E-state index in [1.165, 1.54) is 0 Å². The Morgan fingerprint density at radius 3 is 2.32 bits per heavy atom. The summed E-state index contributed by atoms with van der Waals surface area (Å²) in [7, 11) is 7.18. The van der Waals surface area contributed by atoms with Crippen LogP contribution in [-0.4, -0.2) is 88.8 Å². The van der Waals surface area contributed by atoms with Crippen molar-refractivity contribution in [2.24, 2.45) is 11.8 Å². The van der Waals surface area contributed by atoms with Gasteiger partial charge in [0.2, 0.25) is 5.78 Å². The maximum atomic E-state index is 13.7. The second-order valence-corrected chi connectivity index (χ2v) is 11.0. The molecular weight excluding hydrogens is 492 g/mol. The minimum atomic E-state index is -2.53. The molecular formula is C28H34N2O8. The van der Waals surface area contributed by atoms with Crippen LogP contribution in [0, 0.1) is 11.8 Å². The number of anilines is 1. The third-order valence-electron chi connectivity index (χ3n) is 7.87. The number of phenolic OH excluding ortho intramolecular Hbond substituents is 1. The molecule has 0 amide bonds. The zero-order valence-electron chi connectivity index (χ0n) is 22.3. The lowest BCUT2D eigenvalue weighted by Crippen LogP contribution is -2.57. The van der Waals surface area contributed by atoms with E-state index < -0.39 is 51.9 Å². The molecule has 0 saturated heterocycles. The summed E-state index contributed by atoms with van der Waals surface area (Å²) in [6.07, 6.45) is 0.442. The van der Waals surface area contributed by atoms with Crippen LogP contribution in [0.15, 0.2) is 23.0 Å². The largest absolute Gasteiger partial charge is 0.508 e. The molecule has 3 atom stereocenters. The topological polar surface area (TPSA) is 156 Å². The smallest absolute Gasteiger partial charge is 0.202 e. The van der Waals surface area contributed by atoms with Crippen LogP contribution in [0.5, 0.6) is 5.75 Å². The van der Waals surface area contributed by atoms with Crippen LogP contribution in [0.2, 0.25) is 0 Å². The van der Waals surface area contributed by atoms with Crippen LogP contribution in [0.4, 0.5) is 5.69 Å². The molecule has 3 aliphatic rings. The summed E-state index contributed by atoms with van der Waals surface area (Å²) < 4.78 is 0. The predicted molar refractivity (Wildman–Crippen MR) is 139 cm³/mol. The second kappa shape index (κ2) is 9.67. The first-order valence-corrected chi connectivity index (χ1v) is 12.6. The van der Waals surface area contributed by atoms with Gasteiger partial charge in [0.05, 0.1) is 12.1 Å². The van der Waals surface area contributed by atoms with Crippen LogP contribution in [0.1, 0.15) is 42.9 Å². The number of rotatable bonds is 7. The van der Waals surface area contributed by atoms with Crippen molar-refractivity contribution < 1.29 is 39.6 Å². The Balaban J connectivity index is 1.85. The molecule has 38 heavy (non-hydrogen) atoms. The molecule has 0 radical (unpaired) electrons. The zero-order chi connectivity index (χ0) is 28.3. The monoisotopic (exact) mass is 526 g/mol. The molecule has 10 nitrogen and oxygen atoms in total. The van der Waals surface area contributed by atoms with E-state index in [0.717, 1.165) is 6.92 Å². The number of phenols is 1. The molecule has 10 heteroatoms. The Morgan fingerprint density at radius 1 is 1.08 bits per heavy atom. The molecule has 1 aromatic rings. The maximum Gasteiger partial charge on any atom is 0.202 e. The number of nitrogens with zero attached hydrogens (tertiary/aromatic N) is 2. The van der Waals surface area contributed by atoms with Gasteiger partial charge in [0, 0.05) is 44.1 Å². The van der Waals surface area contributed by atoms with Gasteiger partial charge in [0.15, 0.2) is 17.2 Å². The number of carbonyl (C=O) groups is 4. The molecule has 0 aliphatic heterocycles. The summed E-state index contributed by atoms with van der Waals surface area (Å²) in [6.45, 7) is 1.32. The van der Waals surface area contributed by atoms with E-state index in [2.05, 4.69) is 0 Å². The number of hydrogen-bond donors (Lipinski definition) is 4. The standard InChI is InChI=1S/C28H34N2O8/c1-13(31)21-20(33)11-16-8-15-9-18-19(30(4)5)10-14(6-7-17(32)12-29(2)3)24(34)23(18)25(35)22(15)27(37)28(16,38)26(21)36/h10,15-16,34-36,38H,6-9,11-12H2,1-5H3/t15-,16+,28?/m1/s1. The molecule has 0 aromatic heterocycles. The van der Waals surface area contributed by atoms with Crippen molar-refractivity contribution in [1.29, 1.82) is 0 Å². The van der Waals surface area contributed by atoms with E-state index in [-0.39, 0.29) is 61.3 Å². The summed E-state index contributed by atoms with van der Waals surface area (Å²) in [4.78, 5) is 54.2. The lowest BCUT2D eigenvalue weighted by Gasteiger charge is -2.46. The number of ketones is 4. The Hall–Kier alpha value is -3.50. The summed E-state index contributed by atoms with van der Waals surface area (Å²) in [5, 5.41) is 44.9. The van der Waals surface area contributed by atoms with Gasteiger partial charge in [-0.1, -0.05) is 0 Å². The van der Waals surface area contributed by atoms with Gasteiger partial charge in [-0.3, -0.25) is 19.2 Å². The molecule has 1 aromatic carbocycles. The Morgan fingerprint density at radius 2 is 1.74 bits per heavy atom. The summed E-state index contributed by atoms with van der Waals surface area (Å²) in [5.74, 6) is -5.69. The highest BCUT2D eigenvalue weighted by Crippen LogP contribution is 2.53. The van der Waals surface area contributed by atoms with E-state index in [1.807, 2.05) is 4.90 Å². The van der Waals surface area contributed by atoms with Gasteiger partial charge < -0.3 is 30.2 Å². The first-order valence-electron chi connectivity index (χ1n) is 12.6. The van der Waals surface area contributed by atoms with E-state index in [4.69, 9.17) is 0 Å². The van der Waals surface area contributed by atoms with Gasteiger partial charge in [0.25, 0.3) is 0 Å². The first kappa shape index (κ1) is 27.5. The molecule has 1 fully saturated rings. The van der Waals surface area contributed by atoms with Crippen molar-refractivity contribution in [2.45, 2.75) is 44.6 Å². The predicted octanol–water partition coefficient (Wildman–Crippen LogP) is 1.66. The quantitative estimate of drug-likeness (QED) is 0.385. The van der Waals surface area contributed by atoms with Crippen molar-refractivity contribution in [2.75, 3.05) is 39.6 Å². The summed E-state index contributed by atoms with van der Waals surface area (Å²) in [6, 6.07) is 1.77. The average molecular weight is 527 g/mol. The molecule has 3 aliphatic carbocycles. The molecule has 0 bridgehead atoms. The highest BCUT2D eigenvalue weighted by Gasteiger charge is 2.60.